The van der Waals surface area contributed by atoms with Gasteiger partial charge in [-0.3, -0.25) is 0 Å². The van der Waals surface area contributed by atoms with Gasteiger partial charge in [-0.2, -0.15) is 4.98 Å². The highest BCUT2D eigenvalue weighted by Gasteiger charge is 2.43. The molecule has 5 rings (SSSR count). The molecule has 2 aromatic heterocycles. The number of fused-ring (bicyclic) bond motifs is 2. The maximum atomic E-state index is 6.52. The summed E-state index contributed by atoms with van der Waals surface area (Å²) in [6.07, 6.45) is 0.801. The summed E-state index contributed by atoms with van der Waals surface area (Å²) < 4.78 is 23.2. The number of hydrogen-bond acceptors (Lipinski definition) is 7. The van der Waals surface area contributed by atoms with Crippen LogP contribution in [0.5, 0.6) is 11.8 Å². The second-order valence-electron chi connectivity index (χ2n) is 8.06. The van der Waals surface area contributed by atoms with E-state index in [0.29, 0.717) is 42.2 Å². The standard InChI is InChI=1S/C22H25ClN4O4/c1-27(2)8-10-28-14-5-3-13(4-6-14)19-15(23)11-16-21(25-19)26-22(24-16)31-18-12-30-17-7-9-29-20(17)18/h3-6,11,17-18,20H,7-10,12H2,1-2H3,(H,24,25,26). The lowest BCUT2D eigenvalue weighted by Crippen LogP contribution is -2.32. The van der Waals surface area contributed by atoms with Crippen LogP contribution < -0.4 is 9.47 Å². The molecule has 0 spiro atoms. The molecule has 1 N–H and O–H groups in total. The van der Waals surface area contributed by atoms with Gasteiger partial charge in [0.2, 0.25) is 0 Å². The summed E-state index contributed by atoms with van der Waals surface area (Å²) in [7, 11) is 4.03. The van der Waals surface area contributed by atoms with Crippen molar-refractivity contribution in [3.05, 3.63) is 35.4 Å². The van der Waals surface area contributed by atoms with Crippen LogP contribution in [-0.2, 0) is 9.47 Å². The number of aromatic nitrogens is 3. The van der Waals surface area contributed by atoms with E-state index < -0.39 is 0 Å². The van der Waals surface area contributed by atoms with Crippen LogP contribution in [0.25, 0.3) is 22.4 Å². The maximum absolute atomic E-state index is 6.52. The predicted octanol–water partition coefficient (Wildman–Crippen LogP) is 3.15. The highest BCUT2D eigenvalue weighted by molar-refractivity contribution is 6.33. The average Bonchev–Trinajstić information content (AvgIpc) is 3.45. The molecule has 2 aliphatic rings. The number of H-pyrrole nitrogens is 1. The lowest BCUT2D eigenvalue weighted by molar-refractivity contribution is 0.0273. The van der Waals surface area contributed by atoms with Gasteiger partial charge in [0.25, 0.3) is 6.01 Å². The summed E-state index contributed by atoms with van der Waals surface area (Å²) in [5, 5.41) is 0.535. The predicted molar refractivity (Wildman–Crippen MR) is 117 cm³/mol. The first-order valence-corrected chi connectivity index (χ1v) is 10.8. The monoisotopic (exact) mass is 444 g/mol. The van der Waals surface area contributed by atoms with Gasteiger partial charge in [0.05, 0.1) is 28.9 Å². The largest absolute Gasteiger partial charge is 0.492 e. The Bertz CT molecular complexity index is 1060. The summed E-state index contributed by atoms with van der Waals surface area (Å²) in [4.78, 5) is 14.4. The van der Waals surface area contributed by atoms with E-state index in [9.17, 15) is 0 Å². The van der Waals surface area contributed by atoms with E-state index >= 15 is 0 Å². The third-order valence-corrected chi connectivity index (χ3v) is 5.81. The van der Waals surface area contributed by atoms with E-state index in [4.69, 9.17) is 30.5 Å². The molecule has 4 heterocycles. The molecule has 2 aliphatic heterocycles. The normalized spacial score (nSPS) is 22.9. The van der Waals surface area contributed by atoms with Crippen molar-refractivity contribution in [2.75, 3.05) is 40.5 Å². The molecule has 0 saturated carbocycles. The number of hydrogen-bond donors (Lipinski definition) is 1. The summed E-state index contributed by atoms with van der Waals surface area (Å²) in [5.74, 6) is 0.810. The summed E-state index contributed by atoms with van der Waals surface area (Å²) >= 11 is 6.52. The first-order valence-electron chi connectivity index (χ1n) is 10.4. The number of nitrogens with one attached hydrogen (secondary N) is 1. The zero-order chi connectivity index (χ0) is 21.4. The molecule has 9 heteroatoms. The van der Waals surface area contributed by atoms with Crippen LogP contribution in [0.2, 0.25) is 5.02 Å². The van der Waals surface area contributed by atoms with Gasteiger partial charge in [-0.05, 0) is 50.8 Å². The Morgan fingerprint density at radius 2 is 2.03 bits per heavy atom. The van der Waals surface area contributed by atoms with Crippen molar-refractivity contribution in [2.24, 2.45) is 0 Å². The molecular formula is C22H25ClN4O4. The molecule has 2 fully saturated rings. The lowest BCUT2D eigenvalue weighted by atomic mass is 10.1. The van der Waals surface area contributed by atoms with Crippen LogP contribution in [0.15, 0.2) is 30.3 Å². The van der Waals surface area contributed by atoms with E-state index in [-0.39, 0.29) is 18.3 Å². The minimum atomic E-state index is -0.178. The van der Waals surface area contributed by atoms with Gasteiger partial charge in [-0.25, -0.2) is 4.98 Å². The van der Waals surface area contributed by atoms with Crippen molar-refractivity contribution in [1.82, 2.24) is 19.9 Å². The van der Waals surface area contributed by atoms with E-state index in [1.54, 1.807) is 0 Å². The summed E-state index contributed by atoms with van der Waals surface area (Å²) in [5.41, 5.74) is 2.82. The van der Waals surface area contributed by atoms with Crippen LogP contribution in [0.1, 0.15) is 6.42 Å². The van der Waals surface area contributed by atoms with Gasteiger partial charge in [-0.15, -0.1) is 0 Å². The van der Waals surface area contributed by atoms with Crippen molar-refractivity contribution in [3.63, 3.8) is 0 Å². The molecule has 1 aromatic carbocycles. The molecule has 0 aliphatic carbocycles. The van der Waals surface area contributed by atoms with Gasteiger partial charge in [0, 0.05) is 18.7 Å². The average molecular weight is 445 g/mol. The topological polar surface area (TPSA) is 81.7 Å². The van der Waals surface area contributed by atoms with Crippen molar-refractivity contribution in [1.29, 1.82) is 0 Å². The van der Waals surface area contributed by atoms with Gasteiger partial charge in [0.1, 0.15) is 18.5 Å². The molecule has 31 heavy (non-hydrogen) atoms. The number of nitrogens with zero attached hydrogens (tertiary/aromatic N) is 3. The smallest absolute Gasteiger partial charge is 0.296 e. The van der Waals surface area contributed by atoms with Crippen LogP contribution in [0.3, 0.4) is 0 Å². The SMILES string of the molecule is CN(C)CCOc1ccc(-c2nc3nc(OC4COC5CCOC54)[nH]c3cc2Cl)cc1. The van der Waals surface area contributed by atoms with Gasteiger partial charge >= 0.3 is 0 Å². The number of pyridine rings is 1. The molecule has 3 atom stereocenters. The second-order valence-corrected chi connectivity index (χ2v) is 8.47. The Morgan fingerprint density at radius 3 is 2.84 bits per heavy atom. The maximum Gasteiger partial charge on any atom is 0.296 e. The molecule has 3 unspecified atom stereocenters. The molecule has 164 valence electrons. The number of benzene rings is 1. The minimum Gasteiger partial charge on any atom is -0.492 e. The first kappa shape index (κ1) is 20.5. The van der Waals surface area contributed by atoms with Crippen molar-refractivity contribution in [2.45, 2.75) is 24.7 Å². The van der Waals surface area contributed by atoms with Crippen LogP contribution in [0, 0.1) is 0 Å². The van der Waals surface area contributed by atoms with Crippen LogP contribution in [-0.4, -0.2) is 78.6 Å². The third kappa shape index (κ3) is 4.34. The zero-order valence-electron chi connectivity index (χ0n) is 17.5. The Kier molecular flexibility index (Phi) is 5.71. The number of ether oxygens (including phenoxy) is 4. The molecule has 8 nitrogen and oxygen atoms in total. The Morgan fingerprint density at radius 1 is 1.19 bits per heavy atom. The van der Waals surface area contributed by atoms with E-state index in [1.807, 2.05) is 44.4 Å². The Balaban J connectivity index is 1.32. The summed E-state index contributed by atoms with van der Waals surface area (Å²) in [6, 6.07) is 9.95. The lowest BCUT2D eigenvalue weighted by Gasteiger charge is -2.15. The number of aromatic amines is 1. The van der Waals surface area contributed by atoms with Crippen LogP contribution >= 0.6 is 11.6 Å². The number of imidazole rings is 1. The Hall–Kier alpha value is -2.39. The quantitative estimate of drug-likeness (QED) is 0.599. The van der Waals surface area contributed by atoms with Gasteiger partial charge in [-0.1, -0.05) is 11.6 Å². The second kappa shape index (κ2) is 8.63. The van der Waals surface area contributed by atoms with Gasteiger partial charge in [0.15, 0.2) is 11.8 Å². The molecule has 0 radical (unpaired) electrons. The number of rotatable bonds is 7. The Labute approximate surface area is 185 Å². The number of likely N-dealkylation sites (N-methyl/N-ethyl adjacent to an activating group) is 1. The molecule has 3 aromatic rings. The molecule has 0 amide bonds. The fourth-order valence-corrected chi connectivity index (χ4v) is 4.14. The van der Waals surface area contributed by atoms with Crippen molar-refractivity contribution in [3.8, 4) is 23.0 Å². The number of halogens is 1. The van der Waals surface area contributed by atoms with Crippen molar-refractivity contribution < 1.29 is 18.9 Å². The first-order chi connectivity index (χ1) is 15.1. The zero-order valence-corrected chi connectivity index (χ0v) is 18.3. The van der Waals surface area contributed by atoms with E-state index in [1.165, 1.54) is 0 Å². The fraction of sp³-hybridized carbons (Fsp3) is 0.455. The molecule has 0 bridgehead atoms. The minimum absolute atomic E-state index is 0.0428. The highest BCUT2D eigenvalue weighted by Crippen LogP contribution is 2.32. The van der Waals surface area contributed by atoms with E-state index in [2.05, 4.69) is 19.9 Å². The summed E-state index contributed by atoms with van der Waals surface area (Å²) in [6.45, 7) is 2.69. The van der Waals surface area contributed by atoms with Crippen LogP contribution in [0.4, 0.5) is 0 Å². The molecule has 2 saturated heterocycles. The fourth-order valence-electron chi connectivity index (χ4n) is 3.88. The molecular weight excluding hydrogens is 420 g/mol. The third-order valence-electron chi connectivity index (χ3n) is 5.52. The van der Waals surface area contributed by atoms with Gasteiger partial charge < -0.3 is 28.8 Å². The van der Waals surface area contributed by atoms with E-state index in [0.717, 1.165) is 29.8 Å². The van der Waals surface area contributed by atoms with Crippen molar-refractivity contribution >= 4 is 22.8 Å². The highest BCUT2D eigenvalue weighted by atomic mass is 35.5.